The molecule has 2 amide bonds. The Morgan fingerprint density at radius 2 is 1.63 bits per heavy atom. The van der Waals surface area contributed by atoms with Crippen molar-refractivity contribution in [3.63, 3.8) is 0 Å². The molecule has 0 heterocycles. The highest BCUT2D eigenvalue weighted by Crippen LogP contribution is 2.29. The Balaban J connectivity index is 1.96. The summed E-state index contributed by atoms with van der Waals surface area (Å²) in [6.45, 7) is 7.31. The van der Waals surface area contributed by atoms with Gasteiger partial charge in [0.25, 0.3) is 5.91 Å². The van der Waals surface area contributed by atoms with E-state index in [2.05, 4.69) is 31.4 Å². The minimum absolute atomic E-state index is 0.0394. The van der Waals surface area contributed by atoms with Crippen LogP contribution in [-0.2, 0) is 16.8 Å². The SMILES string of the molecule is CNC(=O)c1ccc(CN(C)CC(=O)Nc2ccccc2C(C)(C)C)cc1. The molecule has 0 aromatic heterocycles. The van der Waals surface area contributed by atoms with E-state index in [4.69, 9.17) is 0 Å². The van der Waals surface area contributed by atoms with Crippen molar-refractivity contribution in [1.82, 2.24) is 10.2 Å². The maximum Gasteiger partial charge on any atom is 0.251 e. The molecule has 0 unspecified atom stereocenters. The summed E-state index contributed by atoms with van der Waals surface area (Å²) >= 11 is 0. The molecular formula is C22H29N3O2. The number of carbonyl (C=O) groups excluding carboxylic acids is 2. The van der Waals surface area contributed by atoms with Gasteiger partial charge in [0.1, 0.15) is 0 Å². The van der Waals surface area contributed by atoms with E-state index in [0.717, 1.165) is 16.8 Å². The summed E-state index contributed by atoms with van der Waals surface area (Å²) in [6.07, 6.45) is 0. The van der Waals surface area contributed by atoms with E-state index in [9.17, 15) is 9.59 Å². The number of nitrogens with zero attached hydrogens (tertiary/aromatic N) is 1. The molecule has 144 valence electrons. The van der Waals surface area contributed by atoms with Crippen molar-refractivity contribution in [2.24, 2.45) is 0 Å². The number of amides is 2. The molecule has 5 nitrogen and oxygen atoms in total. The predicted molar refractivity (Wildman–Crippen MR) is 110 cm³/mol. The zero-order chi connectivity index (χ0) is 20.0. The molecule has 0 spiro atoms. The van der Waals surface area contributed by atoms with E-state index in [0.29, 0.717) is 12.1 Å². The summed E-state index contributed by atoms with van der Waals surface area (Å²) in [5.74, 6) is -0.150. The quantitative estimate of drug-likeness (QED) is 0.822. The fraction of sp³-hybridized carbons (Fsp3) is 0.364. The number of para-hydroxylation sites is 1. The molecule has 0 saturated heterocycles. The van der Waals surface area contributed by atoms with Crippen molar-refractivity contribution >= 4 is 17.5 Å². The van der Waals surface area contributed by atoms with Crippen molar-refractivity contribution in [2.75, 3.05) is 26.0 Å². The van der Waals surface area contributed by atoms with Crippen molar-refractivity contribution in [2.45, 2.75) is 32.7 Å². The summed E-state index contributed by atoms with van der Waals surface area (Å²) in [4.78, 5) is 26.0. The maximum absolute atomic E-state index is 12.5. The molecule has 0 fully saturated rings. The van der Waals surface area contributed by atoms with Crippen LogP contribution in [0.2, 0.25) is 0 Å². The van der Waals surface area contributed by atoms with Gasteiger partial charge in [-0.25, -0.2) is 0 Å². The Labute approximate surface area is 161 Å². The van der Waals surface area contributed by atoms with Crippen molar-refractivity contribution < 1.29 is 9.59 Å². The van der Waals surface area contributed by atoms with Gasteiger partial charge in [-0.2, -0.15) is 0 Å². The number of hydrogen-bond acceptors (Lipinski definition) is 3. The number of benzene rings is 2. The fourth-order valence-electron chi connectivity index (χ4n) is 2.95. The second kappa shape index (κ2) is 8.82. The third-order valence-corrected chi connectivity index (χ3v) is 4.32. The Morgan fingerprint density at radius 3 is 2.22 bits per heavy atom. The third kappa shape index (κ3) is 5.93. The molecule has 0 bridgehead atoms. The van der Waals surface area contributed by atoms with Crippen molar-refractivity contribution in [1.29, 1.82) is 0 Å². The second-order valence-corrected chi connectivity index (χ2v) is 7.79. The number of hydrogen-bond donors (Lipinski definition) is 2. The summed E-state index contributed by atoms with van der Waals surface area (Å²) in [6, 6.07) is 15.3. The average molecular weight is 367 g/mol. The Morgan fingerprint density at radius 1 is 1.00 bits per heavy atom. The minimum Gasteiger partial charge on any atom is -0.355 e. The molecule has 0 radical (unpaired) electrons. The van der Waals surface area contributed by atoms with Crippen LogP contribution in [0, 0.1) is 0 Å². The molecule has 2 rings (SSSR count). The monoisotopic (exact) mass is 367 g/mol. The predicted octanol–water partition coefficient (Wildman–Crippen LogP) is 3.41. The first kappa shape index (κ1) is 20.6. The van der Waals surface area contributed by atoms with Gasteiger partial charge in [0.15, 0.2) is 0 Å². The standard InChI is InChI=1S/C22H29N3O2/c1-22(2,3)18-8-6-7-9-19(18)24-20(26)15-25(5)14-16-10-12-17(13-11-16)21(27)23-4/h6-13H,14-15H2,1-5H3,(H,23,27)(H,24,26). The normalized spacial score (nSPS) is 11.3. The van der Waals surface area contributed by atoms with Gasteiger partial charge >= 0.3 is 0 Å². The van der Waals surface area contributed by atoms with E-state index in [1.807, 2.05) is 48.3 Å². The lowest BCUT2D eigenvalue weighted by Gasteiger charge is -2.23. The van der Waals surface area contributed by atoms with Crippen LogP contribution in [0.5, 0.6) is 0 Å². The number of anilines is 1. The van der Waals surface area contributed by atoms with E-state index in [1.165, 1.54) is 0 Å². The number of nitrogens with one attached hydrogen (secondary N) is 2. The van der Waals surface area contributed by atoms with E-state index < -0.39 is 0 Å². The highest BCUT2D eigenvalue weighted by atomic mass is 16.2. The highest BCUT2D eigenvalue weighted by Gasteiger charge is 2.19. The molecule has 0 saturated carbocycles. The molecule has 0 atom stereocenters. The van der Waals surface area contributed by atoms with Gasteiger partial charge in [-0.05, 0) is 41.8 Å². The number of carbonyl (C=O) groups is 2. The smallest absolute Gasteiger partial charge is 0.251 e. The van der Waals surface area contributed by atoms with Crippen LogP contribution in [0.15, 0.2) is 48.5 Å². The van der Waals surface area contributed by atoms with Crippen LogP contribution >= 0.6 is 0 Å². The molecule has 2 aromatic rings. The van der Waals surface area contributed by atoms with E-state index in [1.54, 1.807) is 19.2 Å². The largest absolute Gasteiger partial charge is 0.355 e. The fourth-order valence-corrected chi connectivity index (χ4v) is 2.95. The van der Waals surface area contributed by atoms with Crippen LogP contribution in [0.3, 0.4) is 0 Å². The first-order chi connectivity index (χ1) is 12.7. The van der Waals surface area contributed by atoms with Crippen LogP contribution < -0.4 is 10.6 Å². The maximum atomic E-state index is 12.5. The van der Waals surface area contributed by atoms with E-state index in [-0.39, 0.29) is 23.8 Å². The van der Waals surface area contributed by atoms with Crippen LogP contribution in [0.4, 0.5) is 5.69 Å². The summed E-state index contributed by atoms with van der Waals surface area (Å²) in [7, 11) is 3.52. The topological polar surface area (TPSA) is 61.4 Å². The second-order valence-electron chi connectivity index (χ2n) is 7.79. The van der Waals surface area contributed by atoms with Gasteiger partial charge in [0, 0.05) is 24.8 Å². The van der Waals surface area contributed by atoms with Gasteiger partial charge in [-0.3, -0.25) is 14.5 Å². The molecule has 27 heavy (non-hydrogen) atoms. The number of likely N-dealkylation sites (N-methyl/N-ethyl adjacent to an activating group) is 1. The van der Waals surface area contributed by atoms with Crippen molar-refractivity contribution in [3.8, 4) is 0 Å². The van der Waals surface area contributed by atoms with Gasteiger partial charge in [0.2, 0.25) is 5.91 Å². The number of rotatable bonds is 6. The summed E-state index contributed by atoms with van der Waals surface area (Å²) in [5, 5.41) is 5.64. The zero-order valence-corrected chi connectivity index (χ0v) is 16.8. The lowest BCUT2D eigenvalue weighted by molar-refractivity contribution is -0.117. The average Bonchev–Trinajstić information content (AvgIpc) is 2.61. The molecule has 2 aromatic carbocycles. The highest BCUT2D eigenvalue weighted by molar-refractivity contribution is 5.94. The van der Waals surface area contributed by atoms with Gasteiger partial charge in [-0.1, -0.05) is 51.1 Å². The first-order valence-corrected chi connectivity index (χ1v) is 9.09. The molecule has 2 N–H and O–H groups in total. The first-order valence-electron chi connectivity index (χ1n) is 9.09. The Hall–Kier alpha value is -2.66. The molecule has 0 aliphatic heterocycles. The summed E-state index contributed by atoms with van der Waals surface area (Å²) in [5.41, 5.74) is 3.61. The van der Waals surface area contributed by atoms with Crippen molar-refractivity contribution in [3.05, 3.63) is 65.2 Å². The Bertz CT molecular complexity index is 792. The van der Waals surface area contributed by atoms with Crippen LogP contribution in [-0.4, -0.2) is 37.4 Å². The zero-order valence-electron chi connectivity index (χ0n) is 16.8. The molecule has 5 heteroatoms. The molecule has 0 aliphatic rings. The summed E-state index contributed by atoms with van der Waals surface area (Å²) < 4.78 is 0. The van der Waals surface area contributed by atoms with Gasteiger partial charge < -0.3 is 10.6 Å². The lowest BCUT2D eigenvalue weighted by Crippen LogP contribution is -2.30. The third-order valence-electron chi connectivity index (χ3n) is 4.32. The molecular weight excluding hydrogens is 338 g/mol. The van der Waals surface area contributed by atoms with Crippen LogP contribution in [0.1, 0.15) is 42.3 Å². The molecule has 0 aliphatic carbocycles. The van der Waals surface area contributed by atoms with Gasteiger partial charge in [0.05, 0.1) is 6.54 Å². The lowest BCUT2D eigenvalue weighted by atomic mass is 9.86. The minimum atomic E-state index is -0.105. The Kier molecular flexibility index (Phi) is 6.75. The van der Waals surface area contributed by atoms with Crippen LogP contribution in [0.25, 0.3) is 0 Å². The van der Waals surface area contributed by atoms with Gasteiger partial charge in [-0.15, -0.1) is 0 Å². The van der Waals surface area contributed by atoms with E-state index >= 15 is 0 Å².